The van der Waals surface area contributed by atoms with Crippen LogP contribution in [0.15, 0.2) is 0 Å². The van der Waals surface area contributed by atoms with Gasteiger partial charge >= 0.3 is 0 Å². The lowest BCUT2D eigenvalue weighted by Crippen LogP contribution is -2.36. The van der Waals surface area contributed by atoms with Crippen LogP contribution < -0.4 is 10.0 Å². The molecule has 1 saturated heterocycles. The van der Waals surface area contributed by atoms with Gasteiger partial charge in [-0.2, -0.15) is 0 Å². The Hall–Kier alpha value is 0.0700. The van der Waals surface area contributed by atoms with Crippen molar-refractivity contribution in [3.63, 3.8) is 0 Å². The number of hydrogen-bond acceptors (Lipinski definition) is 2. The second kappa shape index (κ2) is 4.53. The highest BCUT2D eigenvalue weighted by atomic mass is 32.2. The predicted octanol–water partition coefficient (Wildman–Crippen LogP) is 0.544. The summed E-state index contributed by atoms with van der Waals surface area (Å²) in [6.45, 7) is 2.05. The van der Waals surface area contributed by atoms with E-state index in [0.29, 0.717) is 11.3 Å². The van der Waals surface area contributed by atoms with Gasteiger partial charge in [0.25, 0.3) is 0 Å². The van der Waals surface area contributed by atoms with Crippen LogP contribution in [0.4, 0.5) is 0 Å². The summed E-state index contributed by atoms with van der Waals surface area (Å²) in [4.78, 5) is 0. The van der Waals surface area contributed by atoms with Crippen molar-refractivity contribution in [3.05, 3.63) is 0 Å². The Morgan fingerprint density at radius 1 is 1.23 bits per heavy atom. The minimum atomic E-state index is -0.775. The van der Waals surface area contributed by atoms with Crippen molar-refractivity contribution in [3.8, 4) is 0 Å². The van der Waals surface area contributed by atoms with Gasteiger partial charge in [0.1, 0.15) is 0 Å². The second-order valence-corrected chi connectivity index (χ2v) is 5.51. The van der Waals surface area contributed by atoms with Gasteiger partial charge in [-0.15, -0.1) is 0 Å². The summed E-state index contributed by atoms with van der Waals surface area (Å²) in [5, 5.41) is 3.70. The standard InChI is InChI=1S/C9H18N2OS/c12-13(9-3-1-2-4-9)11-8-5-6-10-7-8/h8-11H,1-7H2. The zero-order valence-electron chi connectivity index (χ0n) is 7.92. The maximum Gasteiger partial charge on any atom is 0.0950 e. The summed E-state index contributed by atoms with van der Waals surface area (Å²) in [7, 11) is -0.775. The van der Waals surface area contributed by atoms with Crippen LogP contribution in [0.5, 0.6) is 0 Å². The Labute approximate surface area is 82.3 Å². The van der Waals surface area contributed by atoms with Gasteiger partial charge in [0.2, 0.25) is 0 Å². The van der Waals surface area contributed by atoms with Crippen molar-refractivity contribution < 1.29 is 4.21 Å². The monoisotopic (exact) mass is 202 g/mol. The van der Waals surface area contributed by atoms with Gasteiger partial charge in [-0.25, -0.2) is 8.93 Å². The van der Waals surface area contributed by atoms with E-state index in [1.807, 2.05) is 0 Å². The summed E-state index contributed by atoms with van der Waals surface area (Å²) in [6.07, 6.45) is 5.96. The van der Waals surface area contributed by atoms with Crippen molar-refractivity contribution in [2.45, 2.75) is 43.4 Å². The molecule has 3 nitrogen and oxygen atoms in total. The fourth-order valence-electron chi connectivity index (χ4n) is 2.12. The molecule has 0 radical (unpaired) electrons. The molecule has 1 aliphatic heterocycles. The lowest BCUT2D eigenvalue weighted by atomic mass is 10.3. The Bertz CT molecular complexity index is 186. The fourth-order valence-corrected chi connectivity index (χ4v) is 3.60. The highest BCUT2D eigenvalue weighted by molar-refractivity contribution is 7.83. The van der Waals surface area contributed by atoms with Gasteiger partial charge in [-0.05, 0) is 25.8 Å². The van der Waals surface area contributed by atoms with Crippen LogP contribution in [0.25, 0.3) is 0 Å². The van der Waals surface area contributed by atoms with E-state index < -0.39 is 11.0 Å². The molecule has 4 heteroatoms. The maximum atomic E-state index is 11.8. The molecule has 0 aromatic rings. The summed E-state index contributed by atoms with van der Waals surface area (Å²) in [5.41, 5.74) is 0. The minimum Gasteiger partial charge on any atom is -0.315 e. The van der Waals surface area contributed by atoms with Crippen LogP contribution in [0, 0.1) is 0 Å². The molecule has 2 unspecified atom stereocenters. The zero-order valence-corrected chi connectivity index (χ0v) is 8.74. The molecule has 1 aliphatic carbocycles. The molecule has 2 fully saturated rings. The third-order valence-corrected chi connectivity index (χ3v) is 4.59. The van der Waals surface area contributed by atoms with Gasteiger partial charge < -0.3 is 5.32 Å². The minimum absolute atomic E-state index is 0.431. The molecular weight excluding hydrogens is 184 g/mol. The van der Waals surface area contributed by atoms with E-state index in [-0.39, 0.29) is 0 Å². The highest BCUT2D eigenvalue weighted by Crippen LogP contribution is 2.22. The van der Waals surface area contributed by atoms with Crippen LogP contribution in [0.2, 0.25) is 0 Å². The first-order chi connectivity index (χ1) is 6.36. The molecule has 2 rings (SSSR count). The summed E-state index contributed by atoms with van der Waals surface area (Å²) in [6, 6.07) is 0.446. The molecule has 2 aliphatic rings. The fraction of sp³-hybridized carbons (Fsp3) is 1.00. The summed E-state index contributed by atoms with van der Waals surface area (Å²) < 4.78 is 15.0. The van der Waals surface area contributed by atoms with E-state index in [4.69, 9.17) is 0 Å². The van der Waals surface area contributed by atoms with Crippen LogP contribution in [0.3, 0.4) is 0 Å². The SMILES string of the molecule is O=S(NC1CCNC1)C1CCCC1. The zero-order chi connectivity index (χ0) is 9.10. The molecule has 1 saturated carbocycles. The van der Waals surface area contributed by atoms with Crippen molar-refractivity contribution in [2.24, 2.45) is 0 Å². The van der Waals surface area contributed by atoms with Crippen LogP contribution in [-0.2, 0) is 11.0 Å². The van der Waals surface area contributed by atoms with Gasteiger partial charge in [-0.1, -0.05) is 12.8 Å². The average molecular weight is 202 g/mol. The lowest BCUT2D eigenvalue weighted by Gasteiger charge is -2.14. The summed E-state index contributed by atoms with van der Waals surface area (Å²) in [5.74, 6) is 0. The van der Waals surface area contributed by atoms with Crippen molar-refractivity contribution in [2.75, 3.05) is 13.1 Å². The molecule has 1 heterocycles. The van der Waals surface area contributed by atoms with E-state index in [1.165, 1.54) is 12.8 Å². The van der Waals surface area contributed by atoms with E-state index in [0.717, 1.165) is 32.4 Å². The first-order valence-electron chi connectivity index (χ1n) is 5.24. The topological polar surface area (TPSA) is 41.1 Å². The summed E-state index contributed by atoms with van der Waals surface area (Å²) >= 11 is 0. The smallest absolute Gasteiger partial charge is 0.0950 e. The van der Waals surface area contributed by atoms with Crippen LogP contribution in [-0.4, -0.2) is 28.6 Å². The first kappa shape index (κ1) is 9.62. The molecule has 0 spiro atoms. The molecule has 0 aromatic carbocycles. The predicted molar refractivity (Wildman–Crippen MR) is 54.8 cm³/mol. The molecule has 76 valence electrons. The third kappa shape index (κ3) is 2.51. The molecule has 0 aromatic heterocycles. The van der Waals surface area contributed by atoms with Crippen molar-refractivity contribution in [1.82, 2.24) is 10.0 Å². The van der Waals surface area contributed by atoms with Gasteiger partial charge in [-0.3, -0.25) is 0 Å². The normalized spacial score (nSPS) is 32.5. The Morgan fingerprint density at radius 2 is 2.00 bits per heavy atom. The van der Waals surface area contributed by atoms with Gasteiger partial charge in [0.05, 0.1) is 11.0 Å². The number of hydrogen-bond donors (Lipinski definition) is 2. The van der Waals surface area contributed by atoms with E-state index in [1.54, 1.807) is 0 Å². The number of rotatable bonds is 3. The lowest BCUT2D eigenvalue weighted by molar-refractivity contribution is 0.622. The van der Waals surface area contributed by atoms with Crippen LogP contribution >= 0.6 is 0 Å². The third-order valence-electron chi connectivity index (χ3n) is 2.95. The Morgan fingerprint density at radius 3 is 2.62 bits per heavy atom. The van der Waals surface area contributed by atoms with Crippen molar-refractivity contribution >= 4 is 11.0 Å². The molecule has 0 amide bonds. The molecule has 2 atom stereocenters. The Kier molecular flexibility index (Phi) is 3.35. The Balaban J connectivity index is 1.76. The molecule has 13 heavy (non-hydrogen) atoms. The highest BCUT2D eigenvalue weighted by Gasteiger charge is 2.24. The number of nitrogens with one attached hydrogen (secondary N) is 2. The van der Waals surface area contributed by atoms with Crippen molar-refractivity contribution in [1.29, 1.82) is 0 Å². The maximum absolute atomic E-state index is 11.8. The second-order valence-electron chi connectivity index (χ2n) is 4.01. The molecule has 2 N–H and O–H groups in total. The van der Waals surface area contributed by atoms with Gasteiger partial charge in [0.15, 0.2) is 0 Å². The van der Waals surface area contributed by atoms with E-state index >= 15 is 0 Å². The first-order valence-corrected chi connectivity index (χ1v) is 6.45. The quantitative estimate of drug-likeness (QED) is 0.701. The van der Waals surface area contributed by atoms with Gasteiger partial charge in [0, 0.05) is 17.8 Å². The van der Waals surface area contributed by atoms with E-state index in [9.17, 15) is 4.21 Å². The molecule has 0 bridgehead atoms. The van der Waals surface area contributed by atoms with Crippen LogP contribution in [0.1, 0.15) is 32.1 Å². The average Bonchev–Trinajstić information content (AvgIpc) is 2.74. The molecular formula is C9H18N2OS. The van der Waals surface area contributed by atoms with E-state index in [2.05, 4.69) is 10.0 Å². The largest absolute Gasteiger partial charge is 0.315 e.